The van der Waals surface area contributed by atoms with Gasteiger partial charge in [0.2, 0.25) is 5.76 Å². The van der Waals surface area contributed by atoms with Crippen LogP contribution >= 0.6 is 0 Å². The number of hydrogen-bond donors (Lipinski definition) is 2. The molecule has 6 nitrogen and oxygen atoms in total. The number of amides is 1. The first-order valence-electron chi connectivity index (χ1n) is 6.66. The molecular formula is C15H14N2O4. The molecule has 0 bridgehead atoms. The zero-order valence-corrected chi connectivity index (χ0v) is 11.4. The Morgan fingerprint density at radius 1 is 1.29 bits per heavy atom. The smallest absolute Gasteiger partial charge is 0.335 e. The van der Waals surface area contributed by atoms with E-state index in [-0.39, 0.29) is 17.2 Å². The fraction of sp³-hybridized carbons (Fsp3) is 0.267. The van der Waals surface area contributed by atoms with Crippen molar-refractivity contribution in [2.45, 2.75) is 25.7 Å². The molecule has 1 saturated carbocycles. The van der Waals surface area contributed by atoms with Gasteiger partial charge in [-0.1, -0.05) is 0 Å². The summed E-state index contributed by atoms with van der Waals surface area (Å²) in [6.45, 7) is 1.73. The van der Waals surface area contributed by atoms with Crippen molar-refractivity contribution in [1.29, 1.82) is 0 Å². The van der Waals surface area contributed by atoms with E-state index in [0.29, 0.717) is 23.2 Å². The molecule has 0 saturated heterocycles. The molecule has 21 heavy (non-hydrogen) atoms. The van der Waals surface area contributed by atoms with E-state index < -0.39 is 5.97 Å². The van der Waals surface area contributed by atoms with Crippen molar-refractivity contribution in [3.63, 3.8) is 0 Å². The highest BCUT2D eigenvalue weighted by atomic mass is 16.4. The van der Waals surface area contributed by atoms with Crippen LogP contribution in [0.2, 0.25) is 0 Å². The van der Waals surface area contributed by atoms with Gasteiger partial charge >= 0.3 is 5.97 Å². The molecule has 1 aromatic carbocycles. The second kappa shape index (κ2) is 5.05. The van der Waals surface area contributed by atoms with Crippen LogP contribution in [-0.2, 0) is 0 Å². The van der Waals surface area contributed by atoms with Crippen LogP contribution in [0.4, 0.5) is 5.69 Å². The third-order valence-electron chi connectivity index (χ3n) is 3.34. The molecule has 1 amide bonds. The van der Waals surface area contributed by atoms with Gasteiger partial charge in [0.05, 0.1) is 11.3 Å². The third kappa shape index (κ3) is 2.79. The maximum absolute atomic E-state index is 12.1. The molecular weight excluding hydrogens is 272 g/mol. The van der Waals surface area contributed by atoms with Gasteiger partial charge in [0, 0.05) is 11.6 Å². The Kier molecular flexibility index (Phi) is 3.21. The number of nitrogens with one attached hydrogen (secondary N) is 1. The van der Waals surface area contributed by atoms with Gasteiger partial charge in [-0.3, -0.25) is 4.79 Å². The molecule has 0 spiro atoms. The van der Waals surface area contributed by atoms with E-state index in [4.69, 9.17) is 9.52 Å². The first-order valence-corrected chi connectivity index (χ1v) is 6.66. The molecule has 108 valence electrons. The molecule has 0 unspecified atom stereocenters. The summed E-state index contributed by atoms with van der Waals surface area (Å²) in [6, 6.07) is 5.94. The number of carboxylic acids is 1. The number of nitrogens with zero attached hydrogens (tertiary/aromatic N) is 1. The van der Waals surface area contributed by atoms with Crippen molar-refractivity contribution < 1.29 is 19.1 Å². The summed E-state index contributed by atoms with van der Waals surface area (Å²) in [5.74, 6) is -0.207. The van der Waals surface area contributed by atoms with E-state index in [0.717, 1.165) is 12.8 Å². The monoisotopic (exact) mass is 286 g/mol. The van der Waals surface area contributed by atoms with Crippen molar-refractivity contribution in [2.75, 3.05) is 5.32 Å². The number of carbonyl (C=O) groups is 2. The lowest BCUT2D eigenvalue weighted by molar-refractivity contribution is 0.0696. The van der Waals surface area contributed by atoms with Crippen LogP contribution in [0.1, 0.15) is 51.3 Å². The zero-order valence-electron chi connectivity index (χ0n) is 11.4. The predicted octanol–water partition coefficient (Wildman–Crippen LogP) is 2.81. The number of oxazole rings is 1. The summed E-state index contributed by atoms with van der Waals surface area (Å²) in [5.41, 5.74) is 1.24. The van der Waals surface area contributed by atoms with Gasteiger partial charge in [0.15, 0.2) is 5.89 Å². The second-order valence-corrected chi connectivity index (χ2v) is 5.08. The van der Waals surface area contributed by atoms with E-state index in [1.165, 1.54) is 24.3 Å². The van der Waals surface area contributed by atoms with Gasteiger partial charge in [-0.15, -0.1) is 0 Å². The fourth-order valence-electron chi connectivity index (χ4n) is 2.02. The topological polar surface area (TPSA) is 92.4 Å². The Hall–Kier alpha value is -2.63. The molecule has 0 radical (unpaired) electrons. The number of aromatic carboxylic acids is 1. The molecule has 1 heterocycles. The molecule has 2 N–H and O–H groups in total. The lowest BCUT2D eigenvalue weighted by atomic mass is 10.2. The maximum atomic E-state index is 12.1. The number of carbonyl (C=O) groups excluding carboxylic acids is 1. The van der Waals surface area contributed by atoms with Crippen LogP contribution in [0, 0.1) is 6.92 Å². The van der Waals surface area contributed by atoms with E-state index >= 15 is 0 Å². The average Bonchev–Trinajstić information content (AvgIpc) is 3.22. The number of hydrogen-bond acceptors (Lipinski definition) is 4. The van der Waals surface area contributed by atoms with Crippen LogP contribution in [-0.4, -0.2) is 22.0 Å². The van der Waals surface area contributed by atoms with Gasteiger partial charge in [-0.2, -0.15) is 0 Å². The van der Waals surface area contributed by atoms with Crippen molar-refractivity contribution in [2.24, 2.45) is 0 Å². The van der Waals surface area contributed by atoms with Crippen LogP contribution < -0.4 is 5.32 Å². The molecule has 0 aliphatic heterocycles. The quantitative estimate of drug-likeness (QED) is 0.901. The molecule has 2 aromatic rings. The summed E-state index contributed by atoms with van der Waals surface area (Å²) in [4.78, 5) is 27.2. The third-order valence-corrected chi connectivity index (χ3v) is 3.34. The van der Waals surface area contributed by atoms with Gasteiger partial charge in [0.25, 0.3) is 5.91 Å². The number of carboxylic acid groups (broad SMARTS) is 1. The average molecular weight is 286 g/mol. The van der Waals surface area contributed by atoms with Crippen molar-refractivity contribution in [1.82, 2.24) is 4.98 Å². The Labute approximate surface area is 120 Å². The molecule has 3 rings (SSSR count). The maximum Gasteiger partial charge on any atom is 0.335 e. The predicted molar refractivity (Wildman–Crippen MR) is 74.6 cm³/mol. The van der Waals surface area contributed by atoms with Crippen LogP contribution in [0.15, 0.2) is 28.7 Å². The van der Waals surface area contributed by atoms with Crippen molar-refractivity contribution >= 4 is 17.6 Å². The number of aryl methyl sites for hydroxylation is 1. The molecule has 1 aliphatic carbocycles. The second-order valence-electron chi connectivity index (χ2n) is 5.08. The highest BCUT2D eigenvalue weighted by molar-refractivity contribution is 6.03. The summed E-state index contributed by atoms with van der Waals surface area (Å²) in [6.07, 6.45) is 2.11. The van der Waals surface area contributed by atoms with Crippen LogP contribution in [0.25, 0.3) is 0 Å². The highest BCUT2D eigenvalue weighted by Gasteiger charge is 2.30. The highest BCUT2D eigenvalue weighted by Crippen LogP contribution is 2.40. The Morgan fingerprint density at radius 2 is 1.95 bits per heavy atom. The molecule has 0 atom stereocenters. The van der Waals surface area contributed by atoms with E-state index in [1.807, 2.05) is 0 Å². The number of anilines is 1. The fourth-order valence-corrected chi connectivity index (χ4v) is 2.02. The van der Waals surface area contributed by atoms with Gasteiger partial charge in [-0.05, 0) is 44.0 Å². The minimum absolute atomic E-state index is 0.167. The molecule has 1 fully saturated rings. The SMILES string of the molecule is Cc1nc(C2CC2)oc1C(=O)Nc1ccc(C(=O)O)cc1. The van der Waals surface area contributed by atoms with Gasteiger partial charge < -0.3 is 14.8 Å². The van der Waals surface area contributed by atoms with Crippen molar-refractivity contribution in [3.8, 4) is 0 Å². The first kappa shape index (κ1) is 13.4. The minimum atomic E-state index is -1.01. The number of benzene rings is 1. The number of rotatable bonds is 4. The van der Waals surface area contributed by atoms with Crippen LogP contribution in [0.3, 0.4) is 0 Å². The zero-order chi connectivity index (χ0) is 15.0. The van der Waals surface area contributed by atoms with E-state index in [2.05, 4.69) is 10.3 Å². The van der Waals surface area contributed by atoms with Gasteiger partial charge in [-0.25, -0.2) is 9.78 Å². The van der Waals surface area contributed by atoms with E-state index in [9.17, 15) is 9.59 Å². The Morgan fingerprint density at radius 3 is 2.52 bits per heavy atom. The summed E-state index contributed by atoms with van der Waals surface area (Å²) < 4.78 is 5.52. The Balaban J connectivity index is 1.74. The van der Waals surface area contributed by atoms with E-state index in [1.54, 1.807) is 6.92 Å². The van der Waals surface area contributed by atoms with Crippen LogP contribution in [0.5, 0.6) is 0 Å². The lowest BCUT2D eigenvalue weighted by Crippen LogP contribution is -2.12. The summed E-state index contributed by atoms with van der Waals surface area (Å²) in [5, 5.41) is 11.5. The molecule has 1 aliphatic rings. The Bertz CT molecular complexity index is 699. The lowest BCUT2D eigenvalue weighted by Gasteiger charge is -2.03. The normalized spacial score (nSPS) is 14.0. The molecule has 1 aromatic heterocycles. The van der Waals surface area contributed by atoms with Crippen molar-refractivity contribution in [3.05, 3.63) is 47.2 Å². The first-order chi connectivity index (χ1) is 10.0. The standard InChI is InChI=1S/C15H14N2O4/c1-8-12(21-14(16-8)9-2-3-9)13(18)17-11-6-4-10(5-7-11)15(19)20/h4-7,9H,2-3H2,1H3,(H,17,18)(H,19,20). The molecule has 6 heteroatoms. The summed E-state index contributed by atoms with van der Waals surface area (Å²) in [7, 11) is 0. The van der Waals surface area contributed by atoms with Gasteiger partial charge in [0.1, 0.15) is 0 Å². The number of aromatic nitrogens is 1. The summed E-state index contributed by atoms with van der Waals surface area (Å²) >= 11 is 0. The largest absolute Gasteiger partial charge is 0.478 e. The minimum Gasteiger partial charge on any atom is -0.478 e.